The van der Waals surface area contributed by atoms with Crippen molar-refractivity contribution in [3.05, 3.63) is 58.1 Å². The molecule has 3 aromatic rings. The molecule has 0 bridgehead atoms. The predicted octanol–water partition coefficient (Wildman–Crippen LogP) is 6.33. The number of carbonyl (C=O) groups is 1. The monoisotopic (exact) mass is 402 g/mol. The summed E-state index contributed by atoms with van der Waals surface area (Å²) in [7, 11) is 0. The van der Waals surface area contributed by atoms with Crippen molar-refractivity contribution in [2.75, 3.05) is 13.1 Å². The normalized spacial score (nSPS) is 11.1. The molecule has 0 aliphatic carbocycles. The van der Waals surface area contributed by atoms with Crippen LogP contribution >= 0.6 is 23.2 Å². The Bertz CT molecular complexity index is 925. The van der Waals surface area contributed by atoms with Crippen LogP contribution in [0, 0.1) is 0 Å². The lowest BCUT2D eigenvalue weighted by atomic mass is 10.0. The average molecular weight is 403 g/mol. The smallest absolute Gasteiger partial charge is 0.227 e. The molecule has 0 spiro atoms. The van der Waals surface area contributed by atoms with Crippen LogP contribution in [0.25, 0.3) is 22.2 Å². The Kier molecular flexibility index (Phi) is 6.46. The molecule has 27 heavy (non-hydrogen) atoms. The molecule has 0 unspecified atom stereocenters. The molecule has 0 radical (unpaired) electrons. The van der Waals surface area contributed by atoms with E-state index < -0.39 is 0 Å². The largest absolute Gasteiger partial charge is 0.354 e. The molecular weight excluding hydrogens is 379 g/mol. The number of nitrogens with zero attached hydrogens (tertiary/aromatic N) is 1. The number of nitrogens with one attached hydrogen (secondary N) is 1. The second kappa shape index (κ2) is 8.81. The summed E-state index contributed by atoms with van der Waals surface area (Å²) in [4.78, 5) is 18.4. The number of aromatic amines is 1. The fourth-order valence-corrected chi connectivity index (χ4v) is 3.73. The Morgan fingerprint density at radius 1 is 0.963 bits per heavy atom. The number of halogens is 2. The standard InChI is InChI=1S/C22H24Cl2N2O/c1-3-11-26(12-4-2)21(27)14-19-18-13-17(24)9-10-20(18)25-22(19)15-5-7-16(23)8-6-15/h5-10,13,25H,3-4,11-12,14H2,1-2H3. The molecule has 1 N–H and O–H groups in total. The summed E-state index contributed by atoms with van der Waals surface area (Å²) in [6.45, 7) is 5.76. The summed E-state index contributed by atoms with van der Waals surface area (Å²) in [6, 6.07) is 13.4. The molecule has 3 nitrogen and oxygen atoms in total. The van der Waals surface area contributed by atoms with E-state index >= 15 is 0 Å². The fourth-order valence-electron chi connectivity index (χ4n) is 3.43. The van der Waals surface area contributed by atoms with Gasteiger partial charge in [0.05, 0.1) is 12.1 Å². The fraction of sp³-hybridized carbons (Fsp3) is 0.318. The SMILES string of the molecule is CCCN(CCC)C(=O)Cc1c(-c2ccc(Cl)cc2)[nH]c2ccc(Cl)cc12. The summed E-state index contributed by atoms with van der Waals surface area (Å²) in [5.41, 5.74) is 3.92. The van der Waals surface area contributed by atoms with Crippen LogP contribution in [-0.2, 0) is 11.2 Å². The Balaban J connectivity index is 2.06. The molecule has 1 amide bonds. The molecule has 142 valence electrons. The molecule has 1 aromatic heterocycles. The quantitative estimate of drug-likeness (QED) is 0.491. The Hall–Kier alpha value is -1.97. The summed E-state index contributed by atoms with van der Waals surface area (Å²) in [6.07, 6.45) is 2.25. The van der Waals surface area contributed by atoms with Crippen molar-refractivity contribution in [1.82, 2.24) is 9.88 Å². The molecule has 2 aromatic carbocycles. The van der Waals surface area contributed by atoms with Crippen LogP contribution < -0.4 is 0 Å². The minimum atomic E-state index is 0.148. The lowest BCUT2D eigenvalue weighted by Gasteiger charge is -2.21. The Morgan fingerprint density at radius 3 is 2.22 bits per heavy atom. The second-order valence-corrected chi connectivity index (χ2v) is 7.61. The van der Waals surface area contributed by atoms with Gasteiger partial charge >= 0.3 is 0 Å². The maximum atomic E-state index is 13.0. The van der Waals surface area contributed by atoms with Gasteiger partial charge in [-0.1, -0.05) is 49.2 Å². The number of hydrogen-bond donors (Lipinski definition) is 1. The highest BCUT2D eigenvalue weighted by Crippen LogP contribution is 2.33. The van der Waals surface area contributed by atoms with E-state index in [0.29, 0.717) is 16.5 Å². The highest BCUT2D eigenvalue weighted by atomic mass is 35.5. The van der Waals surface area contributed by atoms with Crippen molar-refractivity contribution in [1.29, 1.82) is 0 Å². The first kappa shape index (κ1) is 19.8. The van der Waals surface area contributed by atoms with Gasteiger partial charge < -0.3 is 9.88 Å². The van der Waals surface area contributed by atoms with Crippen molar-refractivity contribution in [3.63, 3.8) is 0 Å². The van der Waals surface area contributed by atoms with Gasteiger partial charge in [0.25, 0.3) is 0 Å². The van der Waals surface area contributed by atoms with E-state index in [1.807, 2.05) is 47.4 Å². The van der Waals surface area contributed by atoms with Gasteiger partial charge in [-0.3, -0.25) is 4.79 Å². The first-order valence-corrected chi connectivity index (χ1v) is 10.1. The average Bonchev–Trinajstić information content (AvgIpc) is 3.00. The Morgan fingerprint density at radius 2 is 1.59 bits per heavy atom. The van der Waals surface area contributed by atoms with Crippen LogP contribution in [0.5, 0.6) is 0 Å². The van der Waals surface area contributed by atoms with Gasteiger partial charge in [-0.05, 0) is 54.3 Å². The van der Waals surface area contributed by atoms with Crippen LogP contribution in [-0.4, -0.2) is 28.9 Å². The lowest BCUT2D eigenvalue weighted by Crippen LogP contribution is -2.33. The van der Waals surface area contributed by atoms with Crippen LogP contribution in [0.2, 0.25) is 10.0 Å². The van der Waals surface area contributed by atoms with Crippen molar-refractivity contribution >= 4 is 40.0 Å². The van der Waals surface area contributed by atoms with Gasteiger partial charge in [-0.25, -0.2) is 0 Å². The van der Waals surface area contributed by atoms with E-state index in [2.05, 4.69) is 18.8 Å². The van der Waals surface area contributed by atoms with E-state index in [9.17, 15) is 4.79 Å². The molecule has 0 aliphatic heterocycles. The number of fused-ring (bicyclic) bond motifs is 1. The molecule has 0 aliphatic rings. The number of carbonyl (C=O) groups excluding carboxylic acids is 1. The third-order valence-electron chi connectivity index (χ3n) is 4.67. The molecular formula is C22H24Cl2N2O. The highest BCUT2D eigenvalue weighted by Gasteiger charge is 2.19. The maximum Gasteiger partial charge on any atom is 0.227 e. The van der Waals surface area contributed by atoms with E-state index in [-0.39, 0.29) is 5.91 Å². The van der Waals surface area contributed by atoms with Gasteiger partial charge in [-0.15, -0.1) is 0 Å². The minimum absolute atomic E-state index is 0.148. The molecule has 0 saturated carbocycles. The van der Waals surface area contributed by atoms with Gasteiger partial charge in [0.15, 0.2) is 0 Å². The maximum absolute atomic E-state index is 13.0. The van der Waals surface area contributed by atoms with E-state index in [1.165, 1.54) is 0 Å². The van der Waals surface area contributed by atoms with Crippen molar-refractivity contribution in [2.24, 2.45) is 0 Å². The topological polar surface area (TPSA) is 36.1 Å². The molecule has 0 saturated heterocycles. The summed E-state index contributed by atoms with van der Waals surface area (Å²) in [5, 5.41) is 2.35. The first-order valence-electron chi connectivity index (χ1n) is 9.37. The summed E-state index contributed by atoms with van der Waals surface area (Å²) >= 11 is 12.3. The zero-order valence-electron chi connectivity index (χ0n) is 15.7. The Labute approximate surface area is 170 Å². The molecule has 0 fully saturated rings. The number of aromatic nitrogens is 1. The van der Waals surface area contributed by atoms with Crippen molar-refractivity contribution < 1.29 is 4.79 Å². The van der Waals surface area contributed by atoms with Gasteiger partial charge in [-0.2, -0.15) is 0 Å². The summed E-state index contributed by atoms with van der Waals surface area (Å²) < 4.78 is 0. The van der Waals surface area contributed by atoms with Crippen LogP contribution in [0.15, 0.2) is 42.5 Å². The van der Waals surface area contributed by atoms with Crippen LogP contribution in [0.1, 0.15) is 32.3 Å². The van der Waals surface area contributed by atoms with E-state index in [4.69, 9.17) is 23.2 Å². The molecule has 0 atom stereocenters. The predicted molar refractivity (Wildman–Crippen MR) is 115 cm³/mol. The summed E-state index contributed by atoms with van der Waals surface area (Å²) in [5.74, 6) is 0.148. The second-order valence-electron chi connectivity index (χ2n) is 6.73. The first-order chi connectivity index (χ1) is 13.0. The number of rotatable bonds is 7. The van der Waals surface area contributed by atoms with Crippen molar-refractivity contribution in [2.45, 2.75) is 33.1 Å². The molecule has 3 rings (SSSR count). The van der Waals surface area contributed by atoms with Gasteiger partial charge in [0.1, 0.15) is 0 Å². The molecule has 1 heterocycles. The zero-order valence-corrected chi connectivity index (χ0v) is 17.2. The number of H-pyrrole nitrogens is 1. The van der Waals surface area contributed by atoms with Crippen LogP contribution in [0.4, 0.5) is 0 Å². The number of amides is 1. The third kappa shape index (κ3) is 4.48. The highest BCUT2D eigenvalue weighted by molar-refractivity contribution is 6.31. The van der Waals surface area contributed by atoms with E-state index in [1.54, 1.807) is 0 Å². The van der Waals surface area contributed by atoms with Crippen molar-refractivity contribution in [3.8, 4) is 11.3 Å². The van der Waals surface area contributed by atoms with Gasteiger partial charge in [0, 0.05) is 34.0 Å². The van der Waals surface area contributed by atoms with Gasteiger partial charge in [0.2, 0.25) is 5.91 Å². The lowest BCUT2D eigenvalue weighted by molar-refractivity contribution is -0.130. The number of benzene rings is 2. The number of hydrogen-bond acceptors (Lipinski definition) is 1. The minimum Gasteiger partial charge on any atom is -0.354 e. The molecule has 5 heteroatoms. The van der Waals surface area contributed by atoms with Crippen LogP contribution in [0.3, 0.4) is 0 Å². The zero-order chi connectivity index (χ0) is 19.4. The van der Waals surface area contributed by atoms with E-state index in [0.717, 1.165) is 53.7 Å². The third-order valence-corrected chi connectivity index (χ3v) is 5.16.